The minimum Gasteiger partial charge on any atom is -0.322 e. The van der Waals surface area contributed by atoms with Crippen molar-refractivity contribution in [2.45, 2.75) is 12.5 Å². The summed E-state index contributed by atoms with van der Waals surface area (Å²) in [5.41, 5.74) is 0.307. The van der Waals surface area contributed by atoms with E-state index in [0.717, 1.165) is 11.6 Å². The summed E-state index contributed by atoms with van der Waals surface area (Å²) in [6, 6.07) is 1.76. The Labute approximate surface area is 124 Å². The molecule has 21 heavy (non-hydrogen) atoms. The van der Waals surface area contributed by atoms with E-state index in [1.165, 1.54) is 11.0 Å². The fourth-order valence-electron chi connectivity index (χ4n) is 2.64. The summed E-state index contributed by atoms with van der Waals surface area (Å²) in [6.45, 7) is 4.05. The second kappa shape index (κ2) is 4.56. The van der Waals surface area contributed by atoms with Crippen molar-refractivity contribution in [3.63, 3.8) is 0 Å². The molecule has 0 unspecified atom stereocenters. The van der Waals surface area contributed by atoms with Gasteiger partial charge >= 0.3 is 0 Å². The van der Waals surface area contributed by atoms with Crippen LogP contribution in [0.5, 0.6) is 0 Å². The minimum atomic E-state index is -0.684. The molecule has 0 aromatic heterocycles. The summed E-state index contributed by atoms with van der Waals surface area (Å²) < 4.78 is 0. The zero-order valence-electron chi connectivity index (χ0n) is 10.8. The smallest absolute Gasteiger partial charge is 0.295 e. The lowest BCUT2D eigenvalue weighted by Gasteiger charge is -2.19. The normalized spacial score (nSPS) is 20.7. The number of halogens is 1. The summed E-state index contributed by atoms with van der Waals surface area (Å²) >= 11 is 5.85. The Bertz CT molecular complexity index is 716. The molecular formula is C13H10ClN3O4. The Hall–Kier alpha value is -2.41. The number of hydrogen-bond donors (Lipinski definition) is 1. The van der Waals surface area contributed by atoms with Crippen LogP contribution in [0.25, 0.3) is 0 Å². The van der Waals surface area contributed by atoms with Crippen molar-refractivity contribution in [2.24, 2.45) is 0 Å². The number of carbonyl (C=O) groups is 2. The van der Waals surface area contributed by atoms with Gasteiger partial charge in [0.15, 0.2) is 0 Å². The Balaban J connectivity index is 2.20. The highest BCUT2D eigenvalue weighted by molar-refractivity contribution is 6.31. The van der Waals surface area contributed by atoms with E-state index < -0.39 is 22.8 Å². The fourth-order valence-corrected chi connectivity index (χ4v) is 2.86. The number of hydrogen-bond acceptors (Lipinski definition) is 4. The molecule has 2 aliphatic rings. The van der Waals surface area contributed by atoms with Gasteiger partial charge in [0.2, 0.25) is 5.91 Å². The van der Waals surface area contributed by atoms with Gasteiger partial charge in [0, 0.05) is 17.6 Å². The van der Waals surface area contributed by atoms with Gasteiger partial charge in [-0.2, -0.15) is 0 Å². The SMILES string of the molecule is C=C1C[C@H]2C(=O)Nc3c(cc(Cl)cc3[N+](=O)[O-])C(=O)N2C1. The molecule has 1 aromatic carbocycles. The molecule has 1 fully saturated rings. The molecule has 7 nitrogen and oxygen atoms in total. The van der Waals surface area contributed by atoms with Gasteiger partial charge in [0.25, 0.3) is 11.6 Å². The predicted octanol–water partition coefficient (Wildman–Crippen LogP) is 1.97. The lowest BCUT2D eigenvalue weighted by atomic mass is 10.1. The summed E-state index contributed by atoms with van der Waals surface area (Å²) in [5.74, 6) is -0.913. The molecule has 1 saturated heterocycles. The summed E-state index contributed by atoms with van der Waals surface area (Å²) in [6.07, 6.45) is 0.354. The molecular weight excluding hydrogens is 298 g/mol. The molecule has 2 heterocycles. The first kappa shape index (κ1) is 13.6. The number of nitrogens with one attached hydrogen (secondary N) is 1. The maximum Gasteiger partial charge on any atom is 0.295 e. The lowest BCUT2D eigenvalue weighted by molar-refractivity contribution is -0.383. The van der Waals surface area contributed by atoms with E-state index in [4.69, 9.17) is 11.6 Å². The van der Waals surface area contributed by atoms with E-state index in [-0.39, 0.29) is 28.5 Å². The van der Waals surface area contributed by atoms with E-state index >= 15 is 0 Å². The molecule has 0 bridgehead atoms. The van der Waals surface area contributed by atoms with Crippen molar-refractivity contribution < 1.29 is 14.5 Å². The van der Waals surface area contributed by atoms with Crippen LogP contribution in [-0.2, 0) is 4.79 Å². The van der Waals surface area contributed by atoms with Gasteiger partial charge in [-0.05, 0) is 12.5 Å². The Morgan fingerprint density at radius 1 is 1.43 bits per heavy atom. The third kappa shape index (κ3) is 2.06. The van der Waals surface area contributed by atoms with Gasteiger partial charge in [-0.25, -0.2) is 0 Å². The van der Waals surface area contributed by atoms with Crippen LogP contribution < -0.4 is 5.32 Å². The molecule has 2 amide bonds. The van der Waals surface area contributed by atoms with Crippen LogP contribution in [0.15, 0.2) is 24.3 Å². The second-order valence-corrected chi connectivity index (χ2v) is 5.43. The monoisotopic (exact) mass is 307 g/mol. The number of anilines is 1. The van der Waals surface area contributed by atoms with E-state index in [2.05, 4.69) is 11.9 Å². The molecule has 0 aliphatic carbocycles. The first-order valence-electron chi connectivity index (χ1n) is 6.15. The van der Waals surface area contributed by atoms with Crippen LogP contribution in [0, 0.1) is 10.1 Å². The van der Waals surface area contributed by atoms with Gasteiger partial charge in [0.1, 0.15) is 11.7 Å². The number of nitro groups is 1. The highest BCUT2D eigenvalue weighted by Gasteiger charge is 2.42. The highest BCUT2D eigenvalue weighted by Crippen LogP contribution is 2.37. The zero-order chi connectivity index (χ0) is 15.3. The number of carbonyl (C=O) groups excluding carboxylic acids is 2. The summed E-state index contributed by atoms with van der Waals surface area (Å²) in [5, 5.41) is 13.7. The number of fused-ring (bicyclic) bond motifs is 2. The Kier molecular flexibility index (Phi) is 2.94. The van der Waals surface area contributed by atoms with Crippen molar-refractivity contribution >= 4 is 34.8 Å². The van der Waals surface area contributed by atoms with Crippen LogP contribution in [0.2, 0.25) is 5.02 Å². The average molecular weight is 308 g/mol. The van der Waals surface area contributed by atoms with Gasteiger partial charge in [-0.1, -0.05) is 23.8 Å². The Morgan fingerprint density at radius 3 is 2.81 bits per heavy atom. The zero-order valence-corrected chi connectivity index (χ0v) is 11.5. The quantitative estimate of drug-likeness (QED) is 0.487. The Morgan fingerprint density at radius 2 is 2.14 bits per heavy atom. The average Bonchev–Trinajstić information content (AvgIpc) is 2.77. The largest absolute Gasteiger partial charge is 0.322 e. The number of amides is 2. The molecule has 0 saturated carbocycles. The number of benzene rings is 1. The van der Waals surface area contributed by atoms with Crippen LogP contribution in [0.1, 0.15) is 16.8 Å². The van der Waals surface area contributed by atoms with E-state index in [1.807, 2.05) is 0 Å². The maximum atomic E-state index is 12.5. The highest BCUT2D eigenvalue weighted by atomic mass is 35.5. The van der Waals surface area contributed by atoms with Crippen LogP contribution in [0.3, 0.4) is 0 Å². The standard InChI is InChI=1S/C13H10ClN3O4/c1-6-2-10-12(18)15-11-8(13(19)16(10)5-6)3-7(14)4-9(11)17(20)21/h3-4,10H,1-2,5H2,(H,15,18)/t10-/m0/s1. The van der Waals surface area contributed by atoms with Crippen molar-refractivity contribution in [1.82, 2.24) is 4.90 Å². The number of nitro benzene ring substituents is 1. The molecule has 1 N–H and O–H groups in total. The molecule has 8 heteroatoms. The van der Waals surface area contributed by atoms with E-state index in [9.17, 15) is 19.7 Å². The number of rotatable bonds is 1. The molecule has 0 radical (unpaired) electrons. The van der Waals surface area contributed by atoms with Crippen LogP contribution in [-0.4, -0.2) is 34.2 Å². The second-order valence-electron chi connectivity index (χ2n) is 5.00. The van der Waals surface area contributed by atoms with Crippen molar-refractivity contribution in [3.8, 4) is 0 Å². The third-order valence-electron chi connectivity index (χ3n) is 3.57. The van der Waals surface area contributed by atoms with Gasteiger partial charge in [0.05, 0.1) is 10.5 Å². The van der Waals surface area contributed by atoms with Gasteiger partial charge in [-0.3, -0.25) is 19.7 Å². The van der Waals surface area contributed by atoms with Crippen molar-refractivity contribution in [1.29, 1.82) is 0 Å². The molecule has 3 rings (SSSR count). The van der Waals surface area contributed by atoms with E-state index in [1.54, 1.807) is 0 Å². The van der Waals surface area contributed by atoms with Crippen LogP contribution in [0.4, 0.5) is 11.4 Å². The van der Waals surface area contributed by atoms with Crippen molar-refractivity contribution in [3.05, 3.63) is 45.0 Å². The molecule has 2 aliphatic heterocycles. The maximum absolute atomic E-state index is 12.5. The summed E-state index contributed by atoms with van der Waals surface area (Å²) in [4.78, 5) is 36.6. The van der Waals surface area contributed by atoms with Crippen molar-refractivity contribution in [2.75, 3.05) is 11.9 Å². The predicted molar refractivity (Wildman–Crippen MR) is 75.3 cm³/mol. The minimum absolute atomic E-state index is 0.0275. The lowest BCUT2D eigenvalue weighted by Crippen LogP contribution is -2.40. The summed E-state index contributed by atoms with van der Waals surface area (Å²) in [7, 11) is 0. The molecule has 1 atom stereocenters. The first-order chi connectivity index (χ1) is 9.88. The third-order valence-corrected chi connectivity index (χ3v) is 3.79. The number of nitrogens with zero attached hydrogens (tertiary/aromatic N) is 2. The fraction of sp³-hybridized carbons (Fsp3) is 0.231. The van der Waals surface area contributed by atoms with Crippen LogP contribution >= 0.6 is 11.6 Å². The van der Waals surface area contributed by atoms with Gasteiger partial charge in [-0.15, -0.1) is 0 Å². The van der Waals surface area contributed by atoms with E-state index in [0.29, 0.717) is 6.42 Å². The first-order valence-corrected chi connectivity index (χ1v) is 6.52. The molecule has 1 aromatic rings. The molecule has 108 valence electrons. The topological polar surface area (TPSA) is 92.5 Å². The molecule has 0 spiro atoms. The van der Waals surface area contributed by atoms with Gasteiger partial charge < -0.3 is 10.2 Å².